The smallest absolute Gasteiger partial charge is 0.320 e. The summed E-state index contributed by atoms with van der Waals surface area (Å²) >= 11 is 1.06. The summed E-state index contributed by atoms with van der Waals surface area (Å²) < 4.78 is 1.65. The standard InChI is InChI=1S/C8H9N7O2S/c1-9-7-10-3-5(15(16)17)6(12-7)18-8-13-11-4-14(8)2/h3-4H,1-2H3,(H,9,10,12). The fourth-order valence-electron chi connectivity index (χ4n) is 1.13. The zero-order valence-corrected chi connectivity index (χ0v) is 10.4. The van der Waals surface area contributed by atoms with Crippen LogP contribution >= 0.6 is 11.8 Å². The van der Waals surface area contributed by atoms with Crippen molar-refractivity contribution in [2.45, 2.75) is 10.2 Å². The summed E-state index contributed by atoms with van der Waals surface area (Å²) in [7, 11) is 3.38. The molecule has 10 heteroatoms. The lowest BCUT2D eigenvalue weighted by atomic mass is 10.5. The number of anilines is 1. The number of aryl methyl sites for hydroxylation is 1. The van der Waals surface area contributed by atoms with Gasteiger partial charge in [0.25, 0.3) is 0 Å². The van der Waals surface area contributed by atoms with Gasteiger partial charge in [0.05, 0.1) is 4.92 Å². The number of nitro groups is 1. The zero-order valence-electron chi connectivity index (χ0n) is 9.56. The van der Waals surface area contributed by atoms with Crippen LogP contribution in [0.25, 0.3) is 0 Å². The average molecular weight is 267 g/mol. The first-order valence-corrected chi connectivity index (χ1v) is 5.64. The number of nitrogens with one attached hydrogen (secondary N) is 1. The van der Waals surface area contributed by atoms with Gasteiger partial charge in [-0.15, -0.1) is 10.2 Å². The lowest BCUT2D eigenvalue weighted by Crippen LogP contribution is -2.01. The molecule has 0 aliphatic carbocycles. The SMILES string of the molecule is CNc1ncc([N+](=O)[O-])c(Sc2nncn2C)n1. The van der Waals surface area contributed by atoms with Gasteiger partial charge in [-0.05, 0) is 11.8 Å². The first-order chi connectivity index (χ1) is 8.61. The molecule has 0 saturated carbocycles. The van der Waals surface area contributed by atoms with E-state index in [0.717, 1.165) is 18.0 Å². The van der Waals surface area contributed by atoms with Gasteiger partial charge in [0.15, 0.2) is 10.2 Å². The largest absolute Gasteiger partial charge is 0.357 e. The van der Waals surface area contributed by atoms with Crippen LogP contribution in [0.5, 0.6) is 0 Å². The highest BCUT2D eigenvalue weighted by molar-refractivity contribution is 7.99. The molecule has 2 rings (SSSR count). The second-order valence-corrected chi connectivity index (χ2v) is 4.17. The summed E-state index contributed by atoms with van der Waals surface area (Å²) in [5.74, 6) is 0.310. The van der Waals surface area contributed by atoms with E-state index in [-0.39, 0.29) is 10.7 Å². The molecule has 9 nitrogen and oxygen atoms in total. The lowest BCUT2D eigenvalue weighted by Gasteiger charge is -2.03. The van der Waals surface area contributed by atoms with Crippen LogP contribution in [0.1, 0.15) is 0 Å². The van der Waals surface area contributed by atoms with Crippen molar-refractivity contribution < 1.29 is 4.92 Å². The molecule has 0 spiro atoms. The second-order valence-electron chi connectivity index (χ2n) is 3.22. The zero-order chi connectivity index (χ0) is 13.1. The highest BCUT2D eigenvalue weighted by Crippen LogP contribution is 2.31. The van der Waals surface area contributed by atoms with Crippen molar-refractivity contribution in [1.82, 2.24) is 24.7 Å². The Balaban J connectivity index is 2.41. The Morgan fingerprint density at radius 2 is 2.33 bits per heavy atom. The third-order valence-corrected chi connectivity index (χ3v) is 3.06. The quantitative estimate of drug-likeness (QED) is 0.489. The molecule has 0 unspecified atom stereocenters. The third kappa shape index (κ3) is 2.37. The molecule has 0 amide bonds. The van der Waals surface area contributed by atoms with Gasteiger partial charge in [0, 0.05) is 14.1 Å². The molecule has 1 N–H and O–H groups in total. The van der Waals surface area contributed by atoms with Crippen molar-refractivity contribution in [2.24, 2.45) is 7.05 Å². The number of nitrogens with zero attached hydrogens (tertiary/aromatic N) is 6. The van der Waals surface area contributed by atoms with Crippen LogP contribution in [0.2, 0.25) is 0 Å². The topological polar surface area (TPSA) is 112 Å². The summed E-state index contributed by atoms with van der Waals surface area (Å²) in [4.78, 5) is 18.2. The Labute approximate surface area is 106 Å². The summed E-state index contributed by atoms with van der Waals surface area (Å²) in [5, 5.41) is 21.9. The summed E-state index contributed by atoms with van der Waals surface area (Å²) in [5.41, 5.74) is -0.165. The van der Waals surface area contributed by atoms with Crippen LogP contribution in [0.3, 0.4) is 0 Å². The van der Waals surface area contributed by atoms with Crippen molar-refractivity contribution in [3.8, 4) is 0 Å². The van der Waals surface area contributed by atoms with Gasteiger partial charge < -0.3 is 9.88 Å². The molecule has 94 valence electrons. The molecule has 0 saturated heterocycles. The Bertz CT molecular complexity index is 585. The van der Waals surface area contributed by atoms with Gasteiger partial charge in [-0.25, -0.2) is 4.98 Å². The van der Waals surface area contributed by atoms with Gasteiger partial charge in [0.2, 0.25) is 5.95 Å². The van der Waals surface area contributed by atoms with Crippen molar-refractivity contribution in [3.63, 3.8) is 0 Å². The summed E-state index contributed by atoms with van der Waals surface area (Å²) in [6.45, 7) is 0. The molecule has 0 bridgehead atoms. The van der Waals surface area contributed by atoms with E-state index >= 15 is 0 Å². The van der Waals surface area contributed by atoms with Crippen LogP contribution in [0, 0.1) is 10.1 Å². The van der Waals surface area contributed by atoms with E-state index in [1.165, 1.54) is 6.33 Å². The van der Waals surface area contributed by atoms with Gasteiger partial charge in [-0.3, -0.25) is 10.1 Å². The molecule has 0 aromatic carbocycles. The maximum Gasteiger partial charge on any atom is 0.320 e. The van der Waals surface area contributed by atoms with Crippen LogP contribution in [-0.2, 0) is 7.05 Å². The fraction of sp³-hybridized carbons (Fsp3) is 0.250. The summed E-state index contributed by atoms with van der Waals surface area (Å²) in [6.07, 6.45) is 2.67. The minimum absolute atomic E-state index is 0.165. The minimum atomic E-state index is -0.530. The number of hydrogen-bond acceptors (Lipinski definition) is 8. The molecule has 0 aliphatic rings. The predicted octanol–water partition coefficient (Wildman–Crippen LogP) is 0.706. The van der Waals surface area contributed by atoms with Crippen LogP contribution in [0.4, 0.5) is 11.6 Å². The van der Waals surface area contributed by atoms with Crippen LogP contribution in [0.15, 0.2) is 22.7 Å². The van der Waals surface area contributed by atoms with Crippen molar-refractivity contribution in [1.29, 1.82) is 0 Å². The highest BCUT2D eigenvalue weighted by Gasteiger charge is 2.20. The molecular weight excluding hydrogens is 258 g/mol. The Kier molecular flexibility index (Phi) is 3.37. The molecule has 0 aliphatic heterocycles. The van der Waals surface area contributed by atoms with Crippen LogP contribution in [-0.4, -0.2) is 36.7 Å². The fourth-order valence-corrected chi connectivity index (χ4v) is 1.95. The van der Waals surface area contributed by atoms with E-state index in [9.17, 15) is 10.1 Å². The highest BCUT2D eigenvalue weighted by atomic mass is 32.2. The molecule has 0 atom stereocenters. The van der Waals surface area contributed by atoms with E-state index in [2.05, 4.69) is 25.5 Å². The molecule has 2 aromatic rings. The maximum absolute atomic E-state index is 10.9. The molecule has 0 radical (unpaired) electrons. The minimum Gasteiger partial charge on any atom is -0.357 e. The van der Waals surface area contributed by atoms with Crippen molar-refractivity contribution in [2.75, 3.05) is 12.4 Å². The maximum atomic E-state index is 10.9. The van der Waals surface area contributed by atoms with E-state index in [4.69, 9.17) is 0 Å². The lowest BCUT2D eigenvalue weighted by molar-refractivity contribution is -0.388. The van der Waals surface area contributed by atoms with E-state index in [1.807, 2.05) is 0 Å². The number of hydrogen-bond donors (Lipinski definition) is 1. The van der Waals surface area contributed by atoms with Crippen molar-refractivity contribution >= 4 is 23.4 Å². The van der Waals surface area contributed by atoms with Gasteiger partial charge in [0.1, 0.15) is 12.5 Å². The van der Waals surface area contributed by atoms with E-state index in [0.29, 0.717) is 11.1 Å². The Morgan fingerprint density at radius 1 is 1.56 bits per heavy atom. The monoisotopic (exact) mass is 267 g/mol. The number of rotatable bonds is 4. The first kappa shape index (κ1) is 12.2. The average Bonchev–Trinajstić information content (AvgIpc) is 2.74. The van der Waals surface area contributed by atoms with Gasteiger partial charge in [-0.1, -0.05) is 0 Å². The van der Waals surface area contributed by atoms with Gasteiger partial charge >= 0.3 is 5.69 Å². The molecule has 2 aromatic heterocycles. The normalized spacial score (nSPS) is 10.3. The van der Waals surface area contributed by atoms with Gasteiger partial charge in [-0.2, -0.15) is 4.98 Å². The summed E-state index contributed by atoms with van der Waals surface area (Å²) in [6, 6.07) is 0. The predicted molar refractivity (Wildman–Crippen MR) is 63.4 cm³/mol. The number of aromatic nitrogens is 5. The molecule has 18 heavy (non-hydrogen) atoms. The first-order valence-electron chi connectivity index (χ1n) is 4.83. The Morgan fingerprint density at radius 3 is 2.89 bits per heavy atom. The molecule has 0 fully saturated rings. The van der Waals surface area contributed by atoms with E-state index < -0.39 is 4.92 Å². The van der Waals surface area contributed by atoms with E-state index in [1.54, 1.807) is 18.7 Å². The Hall–Kier alpha value is -2.23. The molecular formula is C8H9N7O2S. The third-order valence-electron chi connectivity index (χ3n) is 2.01. The van der Waals surface area contributed by atoms with Crippen molar-refractivity contribution in [3.05, 3.63) is 22.6 Å². The second kappa shape index (κ2) is 4.96. The molecule has 2 heterocycles. The van der Waals surface area contributed by atoms with Crippen LogP contribution < -0.4 is 5.32 Å².